The van der Waals surface area contributed by atoms with Gasteiger partial charge in [0.1, 0.15) is 23.7 Å². The number of nitro benzene ring substituents is 1. The van der Waals surface area contributed by atoms with E-state index in [-0.39, 0.29) is 17.1 Å². The largest absolute Gasteiger partial charge is 0.497 e. The number of morpholine rings is 1. The molecule has 1 aromatic heterocycles. The minimum atomic E-state index is -1.14. The summed E-state index contributed by atoms with van der Waals surface area (Å²) >= 11 is 0. The molecule has 0 atom stereocenters. The van der Waals surface area contributed by atoms with Crippen LogP contribution < -0.4 is 20.1 Å². The van der Waals surface area contributed by atoms with Crippen LogP contribution in [0.2, 0.25) is 0 Å². The van der Waals surface area contributed by atoms with Gasteiger partial charge >= 0.3 is 5.97 Å². The van der Waals surface area contributed by atoms with Crippen LogP contribution in [0.4, 0.5) is 17.1 Å². The molecule has 0 unspecified atom stereocenters. The molecule has 12 nitrogen and oxygen atoms in total. The number of aliphatic carboxylic acids is 1. The van der Waals surface area contributed by atoms with Crippen LogP contribution in [0.5, 0.6) is 5.75 Å². The Balaban J connectivity index is 1.95. The van der Waals surface area contributed by atoms with E-state index in [2.05, 4.69) is 5.10 Å². The lowest BCUT2D eigenvalue weighted by Crippen LogP contribution is -2.36. The van der Waals surface area contributed by atoms with Gasteiger partial charge in [0.15, 0.2) is 0 Å². The van der Waals surface area contributed by atoms with E-state index in [1.54, 1.807) is 36.4 Å². The number of carboxylic acid groups (broad SMARTS) is 1. The summed E-state index contributed by atoms with van der Waals surface area (Å²) in [4.78, 5) is 39.5. The first-order valence-electron chi connectivity index (χ1n) is 11.1. The number of nitrogens with zero attached hydrogens (tertiary/aromatic N) is 5. The lowest BCUT2D eigenvalue weighted by molar-refractivity contribution is -0.384. The molecule has 0 saturated carbocycles. The van der Waals surface area contributed by atoms with Crippen molar-refractivity contribution in [1.29, 1.82) is 0 Å². The van der Waals surface area contributed by atoms with Crippen molar-refractivity contribution in [2.45, 2.75) is 0 Å². The minimum absolute atomic E-state index is 0.0243. The van der Waals surface area contributed by atoms with E-state index in [1.807, 2.05) is 4.90 Å². The summed E-state index contributed by atoms with van der Waals surface area (Å²) in [6.45, 7) is 1.76. The normalized spacial score (nSPS) is 13.3. The van der Waals surface area contributed by atoms with Gasteiger partial charge in [-0.05, 0) is 30.3 Å². The van der Waals surface area contributed by atoms with Gasteiger partial charge in [-0.2, -0.15) is 9.78 Å². The molecule has 0 spiro atoms. The number of ether oxygens (including phenoxy) is 2. The van der Waals surface area contributed by atoms with Crippen molar-refractivity contribution in [2.75, 3.05) is 56.8 Å². The number of rotatable bonds is 8. The molecular formula is C24H25N5O7. The van der Waals surface area contributed by atoms with Gasteiger partial charge in [-0.1, -0.05) is 12.1 Å². The van der Waals surface area contributed by atoms with Crippen molar-refractivity contribution < 1.29 is 24.3 Å². The Kier molecular flexibility index (Phi) is 7.15. The predicted octanol–water partition coefficient (Wildman–Crippen LogP) is 2.17. The highest BCUT2D eigenvalue weighted by Gasteiger charge is 2.24. The number of aromatic nitrogens is 2. The van der Waals surface area contributed by atoms with E-state index in [4.69, 9.17) is 9.47 Å². The molecule has 2 aromatic carbocycles. The monoisotopic (exact) mass is 495 g/mol. The first-order valence-corrected chi connectivity index (χ1v) is 11.1. The molecule has 1 fully saturated rings. The molecule has 0 amide bonds. The summed E-state index contributed by atoms with van der Waals surface area (Å²) in [6.07, 6.45) is 0. The number of hydrogen-bond donors (Lipinski definition) is 1. The number of nitro groups is 1. The van der Waals surface area contributed by atoms with Crippen LogP contribution >= 0.6 is 0 Å². The Labute approximate surface area is 206 Å². The maximum absolute atomic E-state index is 13.5. The first-order chi connectivity index (χ1) is 17.3. The van der Waals surface area contributed by atoms with Gasteiger partial charge in [-0.25, -0.2) is 0 Å². The summed E-state index contributed by atoms with van der Waals surface area (Å²) in [5, 5.41) is 25.7. The van der Waals surface area contributed by atoms with Crippen molar-refractivity contribution in [1.82, 2.24) is 9.78 Å². The molecule has 36 heavy (non-hydrogen) atoms. The van der Waals surface area contributed by atoms with E-state index in [0.29, 0.717) is 49.0 Å². The molecule has 0 aliphatic carbocycles. The maximum Gasteiger partial charge on any atom is 0.323 e. The predicted molar refractivity (Wildman–Crippen MR) is 132 cm³/mol. The number of carbonyl (C=O) groups is 1. The van der Waals surface area contributed by atoms with E-state index >= 15 is 0 Å². The van der Waals surface area contributed by atoms with Gasteiger partial charge in [0.25, 0.3) is 11.2 Å². The van der Waals surface area contributed by atoms with Gasteiger partial charge < -0.3 is 24.4 Å². The number of likely N-dealkylation sites (N-methyl/N-ethyl adjacent to an activating group) is 1. The van der Waals surface area contributed by atoms with Crippen LogP contribution in [0, 0.1) is 10.1 Å². The number of methoxy groups -OCH3 is 1. The second-order valence-electron chi connectivity index (χ2n) is 8.14. The summed E-state index contributed by atoms with van der Waals surface area (Å²) in [6, 6.07) is 12.9. The second kappa shape index (κ2) is 10.4. The molecule has 1 saturated heterocycles. The van der Waals surface area contributed by atoms with Crippen LogP contribution in [-0.2, 0) is 9.53 Å². The zero-order chi connectivity index (χ0) is 25.8. The van der Waals surface area contributed by atoms with E-state index in [9.17, 15) is 24.8 Å². The van der Waals surface area contributed by atoms with E-state index in [1.165, 1.54) is 31.2 Å². The Morgan fingerprint density at radius 1 is 1.22 bits per heavy atom. The highest BCUT2D eigenvalue weighted by molar-refractivity contribution is 5.75. The van der Waals surface area contributed by atoms with Crippen LogP contribution in [0.1, 0.15) is 0 Å². The summed E-state index contributed by atoms with van der Waals surface area (Å²) in [5.74, 6) is -0.587. The van der Waals surface area contributed by atoms with Crippen LogP contribution in [0.25, 0.3) is 16.9 Å². The molecular weight excluding hydrogens is 470 g/mol. The third-order valence-corrected chi connectivity index (χ3v) is 5.80. The fourth-order valence-corrected chi connectivity index (χ4v) is 3.98. The molecule has 188 valence electrons. The average Bonchev–Trinajstić information content (AvgIpc) is 2.88. The maximum atomic E-state index is 13.5. The average molecular weight is 495 g/mol. The van der Waals surface area contributed by atoms with Crippen molar-refractivity contribution in [3.8, 4) is 22.7 Å². The fourth-order valence-electron chi connectivity index (χ4n) is 3.98. The van der Waals surface area contributed by atoms with E-state index in [0.717, 1.165) is 4.68 Å². The molecule has 4 rings (SSSR count). The lowest BCUT2D eigenvalue weighted by Gasteiger charge is -2.29. The second-order valence-corrected chi connectivity index (χ2v) is 8.14. The molecule has 0 bridgehead atoms. The van der Waals surface area contributed by atoms with E-state index < -0.39 is 23.0 Å². The van der Waals surface area contributed by atoms with Crippen molar-refractivity contribution >= 4 is 23.0 Å². The Bertz CT molecular complexity index is 1350. The summed E-state index contributed by atoms with van der Waals surface area (Å²) in [5.41, 5.74) is 0.579. The minimum Gasteiger partial charge on any atom is -0.497 e. The van der Waals surface area contributed by atoms with Crippen LogP contribution in [0.15, 0.2) is 53.3 Å². The molecule has 0 radical (unpaired) electrons. The first kappa shape index (κ1) is 24.7. The molecule has 12 heteroatoms. The third-order valence-electron chi connectivity index (χ3n) is 5.80. The molecule has 2 heterocycles. The van der Waals surface area contributed by atoms with Crippen molar-refractivity contribution in [2.24, 2.45) is 0 Å². The molecule has 1 aliphatic heterocycles. The van der Waals surface area contributed by atoms with Gasteiger partial charge in [-0.15, -0.1) is 0 Å². The number of hydrogen-bond acceptors (Lipinski definition) is 9. The smallest absolute Gasteiger partial charge is 0.323 e. The lowest BCUT2D eigenvalue weighted by atomic mass is 10.1. The van der Waals surface area contributed by atoms with Gasteiger partial charge in [-0.3, -0.25) is 19.7 Å². The zero-order valence-corrected chi connectivity index (χ0v) is 19.8. The fraction of sp³-hybridized carbons (Fsp3) is 0.292. The number of anilines is 2. The Morgan fingerprint density at radius 3 is 2.64 bits per heavy atom. The molecule has 1 N–H and O–H groups in total. The topological polar surface area (TPSA) is 140 Å². The van der Waals surface area contributed by atoms with Crippen molar-refractivity contribution in [3.05, 3.63) is 69.0 Å². The highest BCUT2D eigenvalue weighted by atomic mass is 16.6. The Hall–Kier alpha value is -4.45. The van der Waals surface area contributed by atoms with Gasteiger partial charge in [0.05, 0.1) is 30.9 Å². The van der Waals surface area contributed by atoms with Crippen LogP contribution in [0.3, 0.4) is 0 Å². The molecule has 3 aromatic rings. The SMILES string of the molecule is COc1cccc(-c2cc(N(C)CC(=O)O)c(=O)n(-c3cc(N4CCOCC4)ccc3[N+](=O)[O-])n2)c1. The highest BCUT2D eigenvalue weighted by Crippen LogP contribution is 2.30. The Morgan fingerprint density at radius 2 is 1.97 bits per heavy atom. The number of carboxylic acids is 1. The van der Waals surface area contributed by atoms with Gasteiger partial charge in [0, 0.05) is 37.5 Å². The third kappa shape index (κ3) is 5.13. The quantitative estimate of drug-likeness (QED) is 0.365. The standard InChI is InChI=1S/C24H25N5O7/c1-26(15-23(30)31)22-14-19(16-4-3-5-18(12-16)35-2)25-28(24(22)32)21-13-17(6-7-20(21)29(33)34)27-8-10-36-11-9-27/h3-7,12-14H,8-11,15H2,1-2H3,(H,30,31). The van der Waals surface area contributed by atoms with Gasteiger partial charge in [0.2, 0.25) is 0 Å². The molecule has 1 aliphatic rings. The number of benzene rings is 2. The summed E-state index contributed by atoms with van der Waals surface area (Å²) in [7, 11) is 2.98. The van der Waals surface area contributed by atoms with Crippen molar-refractivity contribution in [3.63, 3.8) is 0 Å². The van der Waals surface area contributed by atoms with Crippen LogP contribution in [-0.4, -0.2) is 72.8 Å². The summed E-state index contributed by atoms with van der Waals surface area (Å²) < 4.78 is 11.6. The zero-order valence-electron chi connectivity index (χ0n) is 19.8.